The minimum atomic E-state index is 0.00568. The molecule has 1 aliphatic rings. The molecule has 0 saturated carbocycles. The van der Waals surface area contributed by atoms with Crippen molar-refractivity contribution in [2.75, 3.05) is 19.7 Å². The van der Waals surface area contributed by atoms with Crippen molar-refractivity contribution in [3.05, 3.63) is 59.9 Å². The Labute approximate surface area is 165 Å². The molecule has 2 heterocycles. The molecule has 1 aliphatic heterocycles. The Morgan fingerprint density at radius 2 is 1.93 bits per heavy atom. The van der Waals surface area contributed by atoms with Crippen molar-refractivity contribution in [3.63, 3.8) is 0 Å². The van der Waals surface area contributed by atoms with Crippen LogP contribution in [0.25, 0.3) is 0 Å². The molecule has 0 radical (unpaired) electrons. The second-order valence-corrected chi connectivity index (χ2v) is 7.14. The molecule has 0 bridgehead atoms. The number of hydrogen-bond donors (Lipinski definition) is 1. The maximum absolute atomic E-state index is 12.4. The van der Waals surface area contributed by atoms with E-state index in [2.05, 4.69) is 10.3 Å². The van der Waals surface area contributed by atoms with E-state index in [4.69, 9.17) is 4.74 Å². The van der Waals surface area contributed by atoms with Crippen LogP contribution in [0, 0.1) is 6.92 Å². The first-order valence-electron chi connectivity index (χ1n) is 9.80. The van der Waals surface area contributed by atoms with Crippen molar-refractivity contribution in [1.29, 1.82) is 0 Å². The summed E-state index contributed by atoms with van der Waals surface area (Å²) in [6, 6.07) is 11.6. The average molecular weight is 381 g/mol. The Balaban J connectivity index is 1.32. The van der Waals surface area contributed by atoms with E-state index >= 15 is 0 Å². The standard InChI is InChI=1S/C22H27N3O3/c1-17-6-8-20(9-7-17)28-15-3-5-21(26)24-19-10-13-25(14-11-19)22(27)18-4-2-12-23-16-18/h2,4,6-9,12,16,19H,3,5,10-11,13-15H2,1H3,(H,24,26). The predicted molar refractivity (Wildman–Crippen MR) is 107 cm³/mol. The van der Waals surface area contributed by atoms with Crippen molar-refractivity contribution in [2.45, 2.75) is 38.6 Å². The molecule has 1 N–H and O–H groups in total. The number of carbonyl (C=O) groups excluding carboxylic acids is 2. The highest BCUT2D eigenvalue weighted by molar-refractivity contribution is 5.93. The lowest BCUT2D eigenvalue weighted by Gasteiger charge is -2.32. The van der Waals surface area contributed by atoms with Crippen molar-refractivity contribution >= 4 is 11.8 Å². The lowest BCUT2D eigenvalue weighted by molar-refractivity contribution is -0.122. The van der Waals surface area contributed by atoms with E-state index in [1.54, 1.807) is 24.5 Å². The zero-order valence-electron chi connectivity index (χ0n) is 16.3. The molecule has 28 heavy (non-hydrogen) atoms. The molecule has 6 heteroatoms. The molecule has 2 aromatic rings. The van der Waals surface area contributed by atoms with E-state index in [1.807, 2.05) is 36.1 Å². The summed E-state index contributed by atoms with van der Waals surface area (Å²) < 4.78 is 5.65. The third-order valence-electron chi connectivity index (χ3n) is 4.89. The first-order valence-corrected chi connectivity index (χ1v) is 9.80. The number of rotatable bonds is 7. The van der Waals surface area contributed by atoms with Gasteiger partial charge in [-0.25, -0.2) is 0 Å². The van der Waals surface area contributed by atoms with Crippen LogP contribution in [0.1, 0.15) is 41.6 Å². The van der Waals surface area contributed by atoms with Gasteiger partial charge in [-0.2, -0.15) is 0 Å². The van der Waals surface area contributed by atoms with E-state index in [9.17, 15) is 9.59 Å². The molecular weight excluding hydrogens is 354 g/mol. The topological polar surface area (TPSA) is 71.5 Å². The molecule has 0 spiro atoms. The van der Waals surface area contributed by atoms with Crippen molar-refractivity contribution in [3.8, 4) is 5.75 Å². The zero-order chi connectivity index (χ0) is 19.8. The second kappa shape index (κ2) is 9.88. The molecule has 1 saturated heterocycles. The van der Waals surface area contributed by atoms with Crippen LogP contribution in [-0.4, -0.2) is 47.4 Å². The van der Waals surface area contributed by atoms with E-state index in [1.165, 1.54) is 5.56 Å². The molecule has 0 atom stereocenters. The van der Waals surface area contributed by atoms with Crippen LogP contribution in [0.5, 0.6) is 5.75 Å². The predicted octanol–water partition coefficient (Wildman–Crippen LogP) is 2.97. The molecule has 0 aliphatic carbocycles. The average Bonchev–Trinajstić information content (AvgIpc) is 2.73. The summed E-state index contributed by atoms with van der Waals surface area (Å²) in [6.07, 6.45) is 5.92. The monoisotopic (exact) mass is 381 g/mol. The third-order valence-corrected chi connectivity index (χ3v) is 4.89. The number of likely N-dealkylation sites (tertiary alicyclic amines) is 1. The SMILES string of the molecule is Cc1ccc(OCCCC(=O)NC2CCN(C(=O)c3cccnc3)CC2)cc1. The fraction of sp³-hybridized carbons (Fsp3) is 0.409. The Hall–Kier alpha value is -2.89. The summed E-state index contributed by atoms with van der Waals surface area (Å²) >= 11 is 0. The maximum Gasteiger partial charge on any atom is 0.255 e. The van der Waals surface area contributed by atoms with Crippen LogP contribution >= 0.6 is 0 Å². The molecule has 1 aromatic heterocycles. The van der Waals surface area contributed by atoms with Crippen molar-refractivity contribution in [1.82, 2.24) is 15.2 Å². The number of benzene rings is 1. The van der Waals surface area contributed by atoms with E-state index in [0.29, 0.717) is 38.1 Å². The summed E-state index contributed by atoms with van der Waals surface area (Å²) in [6.45, 7) is 3.85. The lowest BCUT2D eigenvalue weighted by Crippen LogP contribution is -2.46. The summed E-state index contributed by atoms with van der Waals surface area (Å²) in [5, 5.41) is 3.08. The summed E-state index contributed by atoms with van der Waals surface area (Å²) in [7, 11) is 0. The highest BCUT2D eigenvalue weighted by atomic mass is 16.5. The quantitative estimate of drug-likeness (QED) is 0.749. The van der Waals surface area contributed by atoms with Crippen LogP contribution < -0.4 is 10.1 Å². The van der Waals surface area contributed by atoms with Gasteiger partial charge in [0.05, 0.1) is 12.2 Å². The number of piperidine rings is 1. The van der Waals surface area contributed by atoms with Gasteiger partial charge in [0.15, 0.2) is 0 Å². The Kier molecular flexibility index (Phi) is 7.00. The fourth-order valence-electron chi connectivity index (χ4n) is 3.26. The summed E-state index contributed by atoms with van der Waals surface area (Å²) in [4.78, 5) is 30.4. The van der Waals surface area contributed by atoms with E-state index in [0.717, 1.165) is 18.6 Å². The first-order chi connectivity index (χ1) is 13.6. The number of ether oxygens (including phenoxy) is 1. The number of hydrogen-bond acceptors (Lipinski definition) is 4. The number of amides is 2. The minimum Gasteiger partial charge on any atom is -0.494 e. The van der Waals surface area contributed by atoms with Gasteiger partial charge >= 0.3 is 0 Å². The summed E-state index contributed by atoms with van der Waals surface area (Å²) in [5.74, 6) is 0.882. The Morgan fingerprint density at radius 3 is 2.61 bits per heavy atom. The maximum atomic E-state index is 12.4. The highest BCUT2D eigenvalue weighted by Crippen LogP contribution is 2.14. The second-order valence-electron chi connectivity index (χ2n) is 7.14. The highest BCUT2D eigenvalue weighted by Gasteiger charge is 2.24. The molecular formula is C22H27N3O3. The van der Waals surface area contributed by atoms with Gasteiger partial charge in [0.2, 0.25) is 5.91 Å². The van der Waals surface area contributed by atoms with Gasteiger partial charge in [0, 0.05) is 37.9 Å². The van der Waals surface area contributed by atoms with Gasteiger partial charge in [-0.3, -0.25) is 14.6 Å². The zero-order valence-corrected chi connectivity index (χ0v) is 16.3. The number of pyridine rings is 1. The Bertz CT molecular complexity index is 769. The first kappa shape index (κ1) is 19.9. The number of carbonyl (C=O) groups is 2. The molecule has 148 valence electrons. The number of aryl methyl sites for hydroxylation is 1. The molecule has 0 unspecified atom stereocenters. The molecule has 6 nitrogen and oxygen atoms in total. The lowest BCUT2D eigenvalue weighted by atomic mass is 10.0. The van der Waals surface area contributed by atoms with E-state index in [-0.39, 0.29) is 17.9 Å². The summed E-state index contributed by atoms with van der Waals surface area (Å²) in [5.41, 5.74) is 1.80. The number of nitrogens with one attached hydrogen (secondary N) is 1. The van der Waals surface area contributed by atoms with Crippen LogP contribution in [-0.2, 0) is 4.79 Å². The van der Waals surface area contributed by atoms with Crippen LogP contribution in [0.2, 0.25) is 0 Å². The largest absolute Gasteiger partial charge is 0.494 e. The van der Waals surface area contributed by atoms with Crippen LogP contribution in [0.4, 0.5) is 0 Å². The van der Waals surface area contributed by atoms with Crippen molar-refractivity contribution in [2.24, 2.45) is 0 Å². The van der Waals surface area contributed by atoms with Gasteiger partial charge < -0.3 is 15.0 Å². The van der Waals surface area contributed by atoms with E-state index < -0.39 is 0 Å². The smallest absolute Gasteiger partial charge is 0.255 e. The van der Waals surface area contributed by atoms with Crippen LogP contribution in [0.3, 0.4) is 0 Å². The van der Waals surface area contributed by atoms with Gasteiger partial charge in [-0.15, -0.1) is 0 Å². The van der Waals surface area contributed by atoms with Gasteiger partial charge in [0.25, 0.3) is 5.91 Å². The molecule has 2 amide bonds. The van der Waals surface area contributed by atoms with Crippen molar-refractivity contribution < 1.29 is 14.3 Å². The molecule has 1 fully saturated rings. The van der Waals surface area contributed by atoms with Gasteiger partial charge in [-0.05, 0) is 50.5 Å². The fourth-order valence-corrected chi connectivity index (χ4v) is 3.26. The van der Waals surface area contributed by atoms with Gasteiger partial charge in [-0.1, -0.05) is 17.7 Å². The molecule has 3 rings (SSSR count). The van der Waals surface area contributed by atoms with Crippen LogP contribution in [0.15, 0.2) is 48.8 Å². The number of aromatic nitrogens is 1. The number of nitrogens with zero attached hydrogens (tertiary/aromatic N) is 2. The third kappa shape index (κ3) is 5.81. The molecule has 1 aromatic carbocycles. The van der Waals surface area contributed by atoms with Gasteiger partial charge in [0.1, 0.15) is 5.75 Å². The normalized spacial score (nSPS) is 14.5. The Morgan fingerprint density at radius 1 is 1.18 bits per heavy atom. The minimum absolute atomic E-state index is 0.00568.